The summed E-state index contributed by atoms with van der Waals surface area (Å²) >= 11 is 0. The van der Waals surface area contributed by atoms with E-state index in [2.05, 4.69) is 35.8 Å². The van der Waals surface area contributed by atoms with Crippen LogP contribution in [0.15, 0.2) is 48.9 Å². The molecule has 3 aromatic heterocycles. The lowest BCUT2D eigenvalue weighted by Gasteiger charge is -2.34. The number of ether oxygens (including phenoxy) is 1. The van der Waals surface area contributed by atoms with Crippen molar-refractivity contribution in [3.8, 4) is 11.4 Å². The molecule has 0 atom stereocenters. The molecule has 2 aliphatic rings. The molecule has 0 unspecified atom stereocenters. The van der Waals surface area contributed by atoms with Crippen LogP contribution in [0, 0.1) is 0 Å². The van der Waals surface area contributed by atoms with Crippen LogP contribution in [0.1, 0.15) is 11.1 Å². The van der Waals surface area contributed by atoms with E-state index >= 15 is 0 Å². The van der Waals surface area contributed by atoms with Gasteiger partial charge in [-0.3, -0.25) is 4.90 Å². The standard InChI is InChI=1S/C26H30N8O2/c35-18-19-3-1-4-20(15-19)24-30-22-21(16-29-23(22)25(31-24)33-11-13-36-14-12-33)17-32-7-9-34(10-8-32)26-27-5-2-6-28-26/h1-6,15-16,29,35H,7-14,17-18H2. The van der Waals surface area contributed by atoms with Gasteiger partial charge in [0.2, 0.25) is 5.95 Å². The maximum Gasteiger partial charge on any atom is 0.225 e. The molecule has 6 rings (SSSR count). The number of nitrogens with zero attached hydrogens (tertiary/aromatic N) is 7. The summed E-state index contributed by atoms with van der Waals surface area (Å²) in [7, 11) is 0. The molecule has 0 radical (unpaired) electrons. The second-order valence-corrected chi connectivity index (χ2v) is 9.18. The quantitative estimate of drug-likeness (QED) is 0.424. The fourth-order valence-corrected chi connectivity index (χ4v) is 4.91. The summed E-state index contributed by atoms with van der Waals surface area (Å²) in [5.74, 6) is 2.37. The molecular formula is C26H30N8O2. The van der Waals surface area contributed by atoms with Gasteiger partial charge in [0.1, 0.15) is 5.52 Å². The van der Waals surface area contributed by atoms with Crippen molar-refractivity contribution < 1.29 is 9.84 Å². The van der Waals surface area contributed by atoms with E-state index in [4.69, 9.17) is 14.7 Å². The number of benzene rings is 1. The zero-order valence-electron chi connectivity index (χ0n) is 20.2. The van der Waals surface area contributed by atoms with Gasteiger partial charge in [0.15, 0.2) is 11.6 Å². The molecule has 36 heavy (non-hydrogen) atoms. The minimum atomic E-state index is -0.0121. The van der Waals surface area contributed by atoms with Crippen molar-refractivity contribution in [2.24, 2.45) is 0 Å². The molecular weight excluding hydrogens is 456 g/mol. The number of fused-ring (bicyclic) bond motifs is 1. The number of aliphatic hydroxyl groups is 1. The Balaban J connectivity index is 1.30. The first-order valence-electron chi connectivity index (χ1n) is 12.4. The second-order valence-electron chi connectivity index (χ2n) is 9.18. The highest BCUT2D eigenvalue weighted by molar-refractivity contribution is 5.90. The second kappa shape index (κ2) is 10.2. The largest absolute Gasteiger partial charge is 0.392 e. The van der Waals surface area contributed by atoms with Gasteiger partial charge >= 0.3 is 0 Å². The van der Waals surface area contributed by atoms with Crippen LogP contribution < -0.4 is 9.80 Å². The third-order valence-corrected chi connectivity index (χ3v) is 6.86. The molecule has 0 spiro atoms. The molecule has 2 N–H and O–H groups in total. The fourth-order valence-electron chi connectivity index (χ4n) is 4.91. The number of hydrogen-bond donors (Lipinski definition) is 2. The van der Waals surface area contributed by atoms with E-state index in [0.29, 0.717) is 19.0 Å². The molecule has 2 fully saturated rings. The summed E-state index contributed by atoms with van der Waals surface area (Å²) in [5, 5.41) is 9.64. The number of aromatic amines is 1. The number of morpholine rings is 1. The van der Waals surface area contributed by atoms with Crippen molar-refractivity contribution in [3.63, 3.8) is 0 Å². The zero-order valence-corrected chi connectivity index (χ0v) is 20.2. The highest BCUT2D eigenvalue weighted by Gasteiger charge is 2.23. The maximum absolute atomic E-state index is 9.64. The van der Waals surface area contributed by atoms with Crippen LogP contribution in [0.2, 0.25) is 0 Å². The van der Waals surface area contributed by atoms with E-state index in [1.165, 1.54) is 0 Å². The Morgan fingerprint density at radius 3 is 2.50 bits per heavy atom. The van der Waals surface area contributed by atoms with Crippen LogP contribution in [-0.2, 0) is 17.9 Å². The Morgan fingerprint density at radius 1 is 0.917 bits per heavy atom. The van der Waals surface area contributed by atoms with E-state index in [-0.39, 0.29) is 6.61 Å². The van der Waals surface area contributed by atoms with E-state index in [0.717, 1.165) is 85.3 Å². The number of H-pyrrole nitrogens is 1. The molecule has 0 bridgehead atoms. The van der Waals surface area contributed by atoms with E-state index in [1.54, 1.807) is 12.4 Å². The van der Waals surface area contributed by atoms with Gasteiger partial charge in [-0.15, -0.1) is 0 Å². The number of anilines is 2. The molecule has 0 aliphatic carbocycles. The average molecular weight is 487 g/mol. The summed E-state index contributed by atoms with van der Waals surface area (Å²) in [4.78, 5) is 29.2. The van der Waals surface area contributed by atoms with Gasteiger partial charge in [-0.1, -0.05) is 18.2 Å². The number of rotatable bonds is 6. The fraction of sp³-hybridized carbons (Fsp3) is 0.385. The topological polar surface area (TPSA) is 107 Å². The third kappa shape index (κ3) is 4.62. The minimum absolute atomic E-state index is 0.0121. The lowest BCUT2D eigenvalue weighted by Crippen LogP contribution is -2.46. The monoisotopic (exact) mass is 486 g/mol. The van der Waals surface area contributed by atoms with Crippen molar-refractivity contribution >= 4 is 22.8 Å². The normalized spacial score (nSPS) is 17.1. The van der Waals surface area contributed by atoms with Gasteiger partial charge < -0.3 is 24.6 Å². The van der Waals surface area contributed by atoms with E-state index in [1.807, 2.05) is 30.3 Å². The van der Waals surface area contributed by atoms with Crippen molar-refractivity contribution in [2.75, 3.05) is 62.3 Å². The van der Waals surface area contributed by atoms with E-state index in [9.17, 15) is 5.11 Å². The van der Waals surface area contributed by atoms with Gasteiger partial charge in [0, 0.05) is 75.5 Å². The molecule has 0 saturated carbocycles. The van der Waals surface area contributed by atoms with Crippen LogP contribution in [0.3, 0.4) is 0 Å². The third-order valence-electron chi connectivity index (χ3n) is 6.86. The summed E-state index contributed by atoms with van der Waals surface area (Å²) in [6.45, 7) is 7.38. The Kier molecular flexibility index (Phi) is 6.46. The molecule has 2 saturated heterocycles. The lowest BCUT2D eigenvalue weighted by atomic mass is 10.1. The first-order valence-corrected chi connectivity index (χ1v) is 12.4. The van der Waals surface area contributed by atoms with Gasteiger partial charge in [0.05, 0.1) is 25.3 Å². The van der Waals surface area contributed by atoms with Crippen LogP contribution in [0.4, 0.5) is 11.8 Å². The summed E-state index contributed by atoms with van der Waals surface area (Å²) in [5.41, 5.74) is 4.82. The Morgan fingerprint density at radius 2 is 1.72 bits per heavy atom. The van der Waals surface area contributed by atoms with Crippen molar-refractivity contribution in [3.05, 3.63) is 60.0 Å². The molecule has 5 heterocycles. The van der Waals surface area contributed by atoms with Crippen LogP contribution in [-0.4, -0.2) is 87.4 Å². The van der Waals surface area contributed by atoms with Crippen molar-refractivity contribution in [1.82, 2.24) is 29.8 Å². The van der Waals surface area contributed by atoms with Gasteiger partial charge in [-0.2, -0.15) is 0 Å². The van der Waals surface area contributed by atoms with Crippen LogP contribution in [0.5, 0.6) is 0 Å². The number of piperazine rings is 1. The predicted octanol–water partition coefficient (Wildman–Crippen LogP) is 2.07. The highest BCUT2D eigenvalue weighted by Crippen LogP contribution is 2.30. The maximum atomic E-state index is 9.64. The zero-order chi connectivity index (χ0) is 24.3. The molecule has 186 valence electrons. The molecule has 0 amide bonds. The van der Waals surface area contributed by atoms with Crippen molar-refractivity contribution in [2.45, 2.75) is 13.2 Å². The number of aliphatic hydroxyl groups excluding tert-OH is 1. The summed E-state index contributed by atoms with van der Waals surface area (Å²) in [6, 6.07) is 9.66. The van der Waals surface area contributed by atoms with Crippen molar-refractivity contribution in [1.29, 1.82) is 0 Å². The SMILES string of the molecule is OCc1cccc(-c2nc(N3CCOCC3)c3[nH]cc(CN4CCN(c5ncccn5)CC4)c3n2)c1. The van der Waals surface area contributed by atoms with Gasteiger partial charge in [-0.05, 0) is 17.7 Å². The lowest BCUT2D eigenvalue weighted by molar-refractivity contribution is 0.122. The Hall–Kier alpha value is -3.60. The van der Waals surface area contributed by atoms with Crippen LogP contribution in [0.25, 0.3) is 22.4 Å². The molecule has 10 heteroatoms. The van der Waals surface area contributed by atoms with E-state index < -0.39 is 0 Å². The smallest absolute Gasteiger partial charge is 0.225 e. The minimum Gasteiger partial charge on any atom is -0.392 e. The van der Waals surface area contributed by atoms with Gasteiger partial charge in [-0.25, -0.2) is 19.9 Å². The Bertz CT molecular complexity index is 1310. The molecule has 10 nitrogen and oxygen atoms in total. The van der Waals surface area contributed by atoms with Crippen LogP contribution >= 0.6 is 0 Å². The summed E-state index contributed by atoms with van der Waals surface area (Å²) < 4.78 is 5.58. The Labute approximate surface area is 209 Å². The first kappa shape index (κ1) is 22.8. The number of hydrogen-bond acceptors (Lipinski definition) is 9. The number of aromatic nitrogens is 5. The molecule has 1 aromatic carbocycles. The first-order chi connectivity index (χ1) is 17.8. The summed E-state index contributed by atoms with van der Waals surface area (Å²) in [6.07, 6.45) is 5.66. The molecule has 2 aliphatic heterocycles. The molecule has 4 aromatic rings. The predicted molar refractivity (Wildman–Crippen MR) is 138 cm³/mol. The van der Waals surface area contributed by atoms with Gasteiger partial charge in [0.25, 0.3) is 0 Å². The average Bonchev–Trinajstić information content (AvgIpc) is 3.36. The number of nitrogens with one attached hydrogen (secondary N) is 1. The highest BCUT2D eigenvalue weighted by atomic mass is 16.5.